The Hall–Kier alpha value is -1.44. The Balaban J connectivity index is 1.79. The fraction of sp³-hybridized carbons (Fsp3) is 0.571. The Bertz CT molecular complexity index is 418. The average molecular weight is 244 g/mol. The summed E-state index contributed by atoms with van der Waals surface area (Å²) in [5, 5.41) is 8.81. The number of nitriles is 1. The van der Waals surface area contributed by atoms with Crippen LogP contribution in [0, 0.1) is 11.3 Å². The highest BCUT2D eigenvalue weighted by atomic mass is 15.2. The van der Waals surface area contributed by atoms with Crippen molar-refractivity contribution in [3.63, 3.8) is 0 Å². The van der Waals surface area contributed by atoms with E-state index in [1.807, 2.05) is 12.1 Å². The zero-order valence-electron chi connectivity index (χ0n) is 11.0. The molecule has 0 N–H and O–H groups in total. The van der Waals surface area contributed by atoms with E-state index in [-0.39, 0.29) is 0 Å². The molecule has 1 aliphatic heterocycles. The summed E-state index contributed by atoms with van der Waals surface area (Å²) in [6.45, 7) is 5.60. The quantitative estimate of drug-likeness (QED) is 0.787. The minimum Gasteiger partial charge on any atom is -0.302 e. The van der Waals surface area contributed by atoms with Gasteiger partial charge < -0.3 is 9.80 Å². The number of hydrogen-bond acceptors (Lipinski definition) is 4. The largest absolute Gasteiger partial charge is 0.302 e. The van der Waals surface area contributed by atoms with Crippen molar-refractivity contribution in [3.8, 4) is 6.07 Å². The van der Waals surface area contributed by atoms with Gasteiger partial charge in [-0.05, 0) is 50.7 Å². The van der Waals surface area contributed by atoms with Crippen LogP contribution in [-0.2, 0) is 6.54 Å². The van der Waals surface area contributed by atoms with Gasteiger partial charge in [-0.1, -0.05) is 0 Å². The summed E-state index contributed by atoms with van der Waals surface area (Å²) in [7, 11) is 2.13. The van der Waals surface area contributed by atoms with Crippen LogP contribution in [0.25, 0.3) is 0 Å². The van der Waals surface area contributed by atoms with Crippen molar-refractivity contribution in [3.05, 3.63) is 29.6 Å². The third kappa shape index (κ3) is 3.80. The van der Waals surface area contributed by atoms with E-state index in [4.69, 9.17) is 5.26 Å². The minimum absolute atomic E-state index is 0.500. The number of likely N-dealkylation sites (N-methyl/N-ethyl adjacent to an activating group) is 1. The normalized spacial score (nSPS) is 16.1. The molecule has 0 saturated carbocycles. The first kappa shape index (κ1) is 13.0. The molecule has 0 amide bonds. The van der Waals surface area contributed by atoms with Gasteiger partial charge in [0.2, 0.25) is 0 Å². The number of rotatable bonds is 5. The molecule has 4 nitrogen and oxygen atoms in total. The van der Waals surface area contributed by atoms with Crippen molar-refractivity contribution in [1.29, 1.82) is 5.26 Å². The SMILES string of the molecule is CN(CCN1CCCC1)Cc1ccnc(C#N)c1. The maximum absolute atomic E-state index is 8.81. The molecule has 0 atom stereocenters. The summed E-state index contributed by atoms with van der Waals surface area (Å²) in [6.07, 6.45) is 4.40. The zero-order chi connectivity index (χ0) is 12.8. The maximum atomic E-state index is 8.81. The van der Waals surface area contributed by atoms with E-state index in [2.05, 4.69) is 27.9 Å². The highest BCUT2D eigenvalue weighted by molar-refractivity contribution is 5.25. The zero-order valence-corrected chi connectivity index (χ0v) is 11.0. The molecule has 1 aromatic rings. The third-order valence-corrected chi connectivity index (χ3v) is 3.39. The molecule has 2 heterocycles. The van der Waals surface area contributed by atoms with E-state index < -0.39 is 0 Å². The van der Waals surface area contributed by atoms with Crippen LogP contribution >= 0.6 is 0 Å². The fourth-order valence-corrected chi connectivity index (χ4v) is 2.34. The van der Waals surface area contributed by atoms with Crippen molar-refractivity contribution >= 4 is 0 Å². The van der Waals surface area contributed by atoms with Crippen LogP contribution in [0.1, 0.15) is 24.1 Å². The van der Waals surface area contributed by atoms with Gasteiger partial charge in [-0.2, -0.15) is 5.26 Å². The van der Waals surface area contributed by atoms with Gasteiger partial charge in [-0.25, -0.2) is 4.98 Å². The molecule has 0 aromatic carbocycles. The van der Waals surface area contributed by atoms with Gasteiger partial charge in [0, 0.05) is 25.8 Å². The first-order valence-corrected chi connectivity index (χ1v) is 6.54. The lowest BCUT2D eigenvalue weighted by molar-refractivity contribution is 0.252. The smallest absolute Gasteiger partial charge is 0.140 e. The van der Waals surface area contributed by atoms with Gasteiger partial charge in [-0.15, -0.1) is 0 Å². The second-order valence-electron chi connectivity index (χ2n) is 4.95. The fourth-order valence-electron chi connectivity index (χ4n) is 2.34. The molecular formula is C14H20N4. The summed E-state index contributed by atoms with van der Waals surface area (Å²) < 4.78 is 0. The summed E-state index contributed by atoms with van der Waals surface area (Å²) in [6, 6.07) is 5.93. The van der Waals surface area contributed by atoms with Gasteiger partial charge in [0.1, 0.15) is 11.8 Å². The Morgan fingerprint density at radius 1 is 1.44 bits per heavy atom. The van der Waals surface area contributed by atoms with Crippen molar-refractivity contribution in [1.82, 2.24) is 14.8 Å². The van der Waals surface area contributed by atoms with Gasteiger partial charge in [0.25, 0.3) is 0 Å². The van der Waals surface area contributed by atoms with E-state index in [1.165, 1.54) is 25.9 Å². The molecule has 1 fully saturated rings. The van der Waals surface area contributed by atoms with Crippen LogP contribution in [0.4, 0.5) is 0 Å². The summed E-state index contributed by atoms with van der Waals surface area (Å²) in [4.78, 5) is 8.80. The first-order chi connectivity index (χ1) is 8.78. The lowest BCUT2D eigenvalue weighted by Gasteiger charge is -2.21. The van der Waals surface area contributed by atoms with Crippen LogP contribution < -0.4 is 0 Å². The third-order valence-electron chi connectivity index (χ3n) is 3.39. The monoisotopic (exact) mass is 244 g/mol. The molecule has 18 heavy (non-hydrogen) atoms. The molecule has 96 valence electrons. The molecule has 0 unspecified atom stereocenters. The van der Waals surface area contributed by atoms with Crippen molar-refractivity contribution < 1.29 is 0 Å². The number of hydrogen-bond donors (Lipinski definition) is 0. The molecule has 1 aromatic heterocycles. The topological polar surface area (TPSA) is 43.2 Å². The molecule has 0 spiro atoms. The standard InChI is InChI=1S/C14H20N4/c1-17(8-9-18-6-2-3-7-18)12-13-4-5-16-14(10-13)11-15/h4-5,10H,2-3,6-9,12H2,1H3. The molecule has 4 heteroatoms. The van der Waals surface area contributed by atoms with Gasteiger partial charge in [0.05, 0.1) is 0 Å². The predicted molar refractivity (Wildman–Crippen MR) is 71.0 cm³/mol. The Labute approximate surface area is 109 Å². The second kappa shape index (κ2) is 6.48. The lowest BCUT2D eigenvalue weighted by atomic mass is 10.2. The second-order valence-corrected chi connectivity index (χ2v) is 4.95. The number of nitrogens with zero attached hydrogens (tertiary/aromatic N) is 4. The Morgan fingerprint density at radius 2 is 2.22 bits per heavy atom. The van der Waals surface area contributed by atoms with E-state index in [0.717, 1.165) is 25.2 Å². The highest BCUT2D eigenvalue weighted by Crippen LogP contribution is 2.08. The number of likely N-dealkylation sites (tertiary alicyclic amines) is 1. The minimum atomic E-state index is 0.500. The van der Waals surface area contributed by atoms with E-state index in [1.54, 1.807) is 6.20 Å². The molecule has 0 radical (unpaired) electrons. The highest BCUT2D eigenvalue weighted by Gasteiger charge is 2.11. The first-order valence-electron chi connectivity index (χ1n) is 6.54. The van der Waals surface area contributed by atoms with Crippen molar-refractivity contribution in [2.24, 2.45) is 0 Å². The van der Waals surface area contributed by atoms with Crippen molar-refractivity contribution in [2.45, 2.75) is 19.4 Å². The molecule has 1 aliphatic rings. The molecule has 1 saturated heterocycles. The van der Waals surface area contributed by atoms with E-state index in [9.17, 15) is 0 Å². The Kier molecular flexibility index (Phi) is 4.68. The average Bonchev–Trinajstić information content (AvgIpc) is 2.90. The van der Waals surface area contributed by atoms with Crippen LogP contribution in [-0.4, -0.2) is 48.0 Å². The molecule has 2 rings (SSSR count). The van der Waals surface area contributed by atoms with Crippen LogP contribution in [0.15, 0.2) is 18.3 Å². The van der Waals surface area contributed by atoms with Crippen molar-refractivity contribution in [2.75, 3.05) is 33.2 Å². The number of pyridine rings is 1. The van der Waals surface area contributed by atoms with E-state index >= 15 is 0 Å². The molecule has 0 bridgehead atoms. The maximum Gasteiger partial charge on any atom is 0.140 e. The van der Waals surface area contributed by atoms with E-state index in [0.29, 0.717) is 5.69 Å². The van der Waals surface area contributed by atoms with Crippen LogP contribution in [0.5, 0.6) is 0 Å². The molecular weight excluding hydrogens is 224 g/mol. The number of aromatic nitrogens is 1. The summed E-state index contributed by atoms with van der Waals surface area (Å²) >= 11 is 0. The van der Waals surface area contributed by atoms with Crippen LogP contribution in [0.3, 0.4) is 0 Å². The lowest BCUT2D eigenvalue weighted by Crippen LogP contribution is -2.31. The summed E-state index contributed by atoms with van der Waals surface area (Å²) in [5.41, 5.74) is 1.66. The van der Waals surface area contributed by atoms with Gasteiger partial charge in [0.15, 0.2) is 0 Å². The van der Waals surface area contributed by atoms with Gasteiger partial charge in [-0.3, -0.25) is 0 Å². The Morgan fingerprint density at radius 3 is 2.94 bits per heavy atom. The van der Waals surface area contributed by atoms with Crippen LogP contribution in [0.2, 0.25) is 0 Å². The predicted octanol–water partition coefficient (Wildman–Crippen LogP) is 1.48. The molecule has 0 aliphatic carbocycles. The summed E-state index contributed by atoms with van der Waals surface area (Å²) in [5.74, 6) is 0. The van der Waals surface area contributed by atoms with Gasteiger partial charge >= 0.3 is 0 Å².